The first kappa shape index (κ1) is 14.9. The fourth-order valence-electron chi connectivity index (χ4n) is 2.02. The molecule has 2 N–H and O–H groups in total. The van der Waals surface area contributed by atoms with Gasteiger partial charge in [0.1, 0.15) is 12.4 Å². The SMILES string of the molecule is COCC(=O)c1ccc(C(N)=O)c(-c2ccc(F)cc2)c1. The van der Waals surface area contributed by atoms with Crippen LogP contribution in [-0.4, -0.2) is 25.4 Å². The molecule has 21 heavy (non-hydrogen) atoms. The van der Waals surface area contributed by atoms with E-state index < -0.39 is 5.91 Å². The lowest BCUT2D eigenvalue weighted by molar-refractivity contribution is 0.0847. The second-order valence-electron chi connectivity index (χ2n) is 4.49. The van der Waals surface area contributed by atoms with E-state index in [0.717, 1.165) is 0 Å². The van der Waals surface area contributed by atoms with Crippen molar-refractivity contribution in [3.05, 3.63) is 59.4 Å². The molecule has 0 fully saturated rings. The minimum Gasteiger partial charge on any atom is -0.377 e. The smallest absolute Gasteiger partial charge is 0.249 e. The van der Waals surface area contributed by atoms with Crippen molar-refractivity contribution in [1.82, 2.24) is 0 Å². The summed E-state index contributed by atoms with van der Waals surface area (Å²) in [4.78, 5) is 23.4. The van der Waals surface area contributed by atoms with E-state index in [1.165, 1.54) is 43.5 Å². The molecule has 0 unspecified atom stereocenters. The van der Waals surface area contributed by atoms with Crippen LogP contribution in [0.3, 0.4) is 0 Å². The van der Waals surface area contributed by atoms with E-state index in [1.54, 1.807) is 6.07 Å². The maximum absolute atomic E-state index is 13.0. The Balaban J connectivity index is 2.54. The van der Waals surface area contributed by atoms with E-state index in [1.807, 2.05) is 0 Å². The summed E-state index contributed by atoms with van der Waals surface area (Å²) in [5.41, 5.74) is 7.12. The number of nitrogens with two attached hydrogens (primary N) is 1. The largest absolute Gasteiger partial charge is 0.377 e. The first-order chi connectivity index (χ1) is 10.0. The highest BCUT2D eigenvalue weighted by molar-refractivity contribution is 6.04. The summed E-state index contributed by atoms with van der Waals surface area (Å²) in [6, 6.07) is 10.2. The van der Waals surface area contributed by atoms with Crippen molar-refractivity contribution in [2.75, 3.05) is 13.7 Å². The van der Waals surface area contributed by atoms with Crippen molar-refractivity contribution < 1.29 is 18.7 Å². The molecule has 4 nitrogen and oxygen atoms in total. The topological polar surface area (TPSA) is 69.4 Å². The third kappa shape index (κ3) is 3.32. The van der Waals surface area contributed by atoms with Gasteiger partial charge < -0.3 is 10.5 Å². The molecule has 0 heterocycles. The van der Waals surface area contributed by atoms with Gasteiger partial charge in [-0.15, -0.1) is 0 Å². The molecule has 0 atom stereocenters. The maximum atomic E-state index is 13.0. The lowest BCUT2D eigenvalue weighted by atomic mass is 9.95. The second-order valence-corrected chi connectivity index (χ2v) is 4.49. The van der Waals surface area contributed by atoms with E-state index in [2.05, 4.69) is 0 Å². The monoisotopic (exact) mass is 287 g/mol. The van der Waals surface area contributed by atoms with Gasteiger partial charge in [0, 0.05) is 18.2 Å². The molecular weight excluding hydrogens is 273 g/mol. The zero-order valence-corrected chi connectivity index (χ0v) is 11.4. The van der Waals surface area contributed by atoms with Gasteiger partial charge in [-0.2, -0.15) is 0 Å². The van der Waals surface area contributed by atoms with Gasteiger partial charge in [-0.3, -0.25) is 9.59 Å². The van der Waals surface area contributed by atoms with Crippen molar-refractivity contribution in [1.29, 1.82) is 0 Å². The second kappa shape index (κ2) is 6.28. The summed E-state index contributed by atoms with van der Waals surface area (Å²) >= 11 is 0. The van der Waals surface area contributed by atoms with E-state index in [9.17, 15) is 14.0 Å². The van der Waals surface area contributed by atoms with E-state index in [-0.39, 0.29) is 23.8 Å². The van der Waals surface area contributed by atoms with Crippen LogP contribution in [0.5, 0.6) is 0 Å². The molecule has 2 aromatic carbocycles. The van der Waals surface area contributed by atoms with Crippen LogP contribution < -0.4 is 5.73 Å². The van der Waals surface area contributed by atoms with Crippen LogP contribution in [0.25, 0.3) is 11.1 Å². The van der Waals surface area contributed by atoms with E-state index in [0.29, 0.717) is 16.7 Å². The van der Waals surface area contributed by atoms with Gasteiger partial charge in [-0.1, -0.05) is 18.2 Å². The first-order valence-corrected chi connectivity index (χ1v) is 6.25. The minimum absolute atomic E-state index is 0.0568. The summed E-state index contributed by atoms with van der Waals surface area (Å²) in [6.07, 6.45) is 0. The quantitative estimate of drug-likeness (QED) is 0.859. The van der Waals surface area contributed by atoms with Gasteiger partial charge >= 0.3 is 0 Å². The number of carbonyl (C=O) groups excluding carboxylic acids is 2. The summed E-state index contributed by atoms with van der Waals surface area (Å²) in [6.45, 7) is -0.0568. The molecule has 0 spiro atoms. The Bertz CT molecular complexity index is 680. The number of ether oxygens (including phenoxy) is 1. The van der Waals surface area contributed by atoms with Gasteiger partial charge in [-0.05, 0) is 35.4 Å². The van der Waals surface area contributed by atoms with Gasteiger partial charge in [0.2, 0.25) is 5.91 Å². The van der Waals surface area contributed by atoms with Crippen molar-refractivity contribution in [3.8, 4) is 11.1 Å². The van der Waals surface area contributed by atoms with Crippen molar-refractivity contribution >= 4 is 11.7 Å². The van der Waals surface area contributed by atoms with Gasteiger partial charge in [-0.25, -0.2) is 4.39 Å². The Labute approximate surface area is 121 Å². The molecule has 0 saturated carbocycles. The van der Waals surface area contributed by atoms with Crippen molar-refractivity contribution in [3.63, 3.8) is 0 Å². The number of primary amides is 1. The highest BCUT2D eigenvalue weighted by atomic mass is 19.1. The first-order valence-electron chi connectivity index (χ1n) is 6.25. The molecule has 0 saturated heterocycles. The molecule has 108 valence electrons. The minimum atomic E-state index is -0.611. The number of benzene rings is 2. The molecule has 2 rings (SSSR count). The summed E-state index contributed by atoms with van der Waals surface area (Å²) in [5.74, 6) is -1.21. The Kier molecular flexibility index (Phi) is 4.45. The molecule has 0 radical (unpaired) electrons. The Morgan fingerprint density at radius 1 is 1.14 bits per heavy atom. The van der Waals surface area contributed by atoms with Crippen LogP contribution in [0.4, 0.5) is 4.39 Å². The molecule has 0 aliphatic rings. The number of ketones is 1. The summed E-state index contributed by atoms with van der Waals surface area (Å²) in [7, 11) is 1.43. The number of rotatable bonds is 5. The fraction of sp³-hybridized carbons (Fsp3) is 0.125. The molecule has 5 heteroatoms. The fourth-order valence-corrected chi connectivity index (χ4v) is 2.02. The Morgan fingerprint density at radius 3 is 2.38 bits per heavy atom. The lowest BCUT2D eigenvalue weighted by Crippen LogP contribution is -2.14. The van der Waals surface area contributed by atoms with Crippen LogP contribution in [0, 0.1) is 5.82 Å². The lowest BCUT2D eigenvalue weighted by Gasteiger charge is -2.09. The number of amides is 1. The molecule has 0 bridgehead atoms. The third-order valence-electron chi connectivity index (χ3n) is 3.04. The number of Topliss-reactive ketones (excluding diaryl/α,β-unsaturated/α-hetero) is 1. The molecule has 0 aromatic heterocycles. The zero-order chi connectivity index (χ0) is 15.4. The molecule has 1 amide bonds. The molecule has 2 aromatic rings. The van der Waals surface area contributed by atoms with Gasteiger partial charge in [0.15, 0.2) is 5.78 Å². The molecule has 0 aliphatic heterocycles. The number of methoxy groups -OCH3 is 1. The van der Waals surface area contributed by atoms with Crippen LogP contribution in [0.1, 0.15) is 20.7 Å². The average molecular weight is 287 g/mol. The van der Waals surface area contributed by atoms with E-state index in [4.69, 9.17) is 10.5 Å². The van der Waals surface area contributed by atoms with Crippen LogP contribution >= 0.6 is 0 Å². The highest BCUT2D eigenvalue weighted by Crippen LogP contribution is 2.25. The zero-order valence-electron chi connectivity index (χ0n) is 11.4. The van der Waals surface area contributed by atoms with Crippen LogP contribution in [-0.2, 0) is 4.74 Å². The standard InChI is InChI=1S/C16H14FNO3/c1-21-9-15(19)11-4-7-13(16(18)20)14(8-11)10-2-5-12(17)6-3-10/h2-8H,9H2,1H3,(H2,18,20). The van der Waals surface area contributed by atoms with Gasteiger partial charge in [0.25, 0.3) is 0 Å². The third-order valence-corrected chi connectivity index (χ3v) is 3.04. The molecule has 0 aliphatic carbocycles. The number of carbonyl (C=O) groups is 2. The number of hydrogen-bond acceptors (Lipinski definition) is 3. The normalized spacial score (nSPS) is 10.4. The predicted molar refractivity (Wildman–Crippen MR) is 76.6 cm³/mol. The van der Waals surface area contributed by atoms with Crippen LogP contribution in [0.15, 0.2) is 42.5 Å². The number of hydrogen-bond donors (Lipinski definition) is 1. The van der Waals surface area contributed by atoms with Crippen molar-refractivity contribution in [2.45, 2.75) is 0 Å². The Morgan fingerprint density at radius 2 is 1.81 bits per heavy atom. The molecular formula is C16H14FNO3. The highest BCUT2D eigenvalue weighted by Gasteiger charge is 2.14. The number of halogens is 1. The maximum Gasteiger partial charge on any atom is 0.249 e. The van der Waals surface area contributed by atoms with Gasteiger partial charge in [0.05, 0.1) is 0 Å². The summed E-state index contributed by atoms with van der Waals surface area (Å²) < 4.78 is 17.8. The van der Waals surface area contributed by atoms with E-state index >= 15 is 0 Å². The van der Waals surface area contributed by atoms with Crippen molar-refractivity contribution in [2.24, 2.45) is 5.73 Å². The summed E-state index contributed by atoms with van der Waals surface area (Å²) in [5, 5.41) is 0. The predicted octanol–water partition coefficient (Wildman–Crippen LogP) is 2.42. The van der Waals surface area contributed by atoms with Crippen LogP contribution in [0.2, 0.25) is 0 Å². The average Bonchev–Trinajstić information content (AvgIpc) is 2.47. The Hall–Kier alpha value is -2.53.